The van der Waals surface area contributed by atoms with Crippen LogP contribution in [0.3, 0.4) is 0 Å². The van der Waals surface area contributed by atoms with Gasteiger partial charge in [0.25, 0.3) is 0 Å². The van der Waals surface area contributed by atoms with Gasteiger partial charge in [-0.15, -0.1) is 0 Å². The van der Waals surface area contributed by atoms with Gasteiger partial charge in [-0.3, -0.25) is 0 Å². The van der Waals surface area contributed by atoms with Crippen LogP contribution in [0.1, 0.15) is 17.5 Å². The molecule has 1 unspecified atom stereocenters. The van der Waals surface area contributed by atoms with Crippen LogP contribution in [0.15, 0.2) is 18.2 Å². The summed E-state index contributed by atoms with van der Waals surface area (Å²) in [5.74, 6) is 0. The molecular weight excluding hydrogens is 224 g/mol. The van der Waals surface area contributed by atoms with Gasteiger partial charge >= 0.3 is 0 Å². The number of aryl methyl sites for hydroxylation is 1. The van der Waals surface area contributed by atoms with Crippen LogP contribution in [0.25, 0.3) is 0 Å². The average Bonchev–Trinajstić information content (AvgIpc) is 2.40. The first-order chi connectivity index (χ1) is 8.68. The zero-order valence-corrected chi connectivity index (χ0v) is 11.7. The number of anilines is 1. The zero-order valence-electron chi connectivity index (χ0n) is 11.7. The Bertz CT molecular complexity index is 386. The fourth-order valence-electron chi connectivity index (χ4n) is 2.41. The van der Waals surface area contributed by atoms with Crippen molar-refractivity contribution in [2.24, 2.45) is 0 Å². The molecule has 1 aromatic rings. The van der Waals surface area contributed by atoms with E-state index in [0.717, 1.165) is 32.7 Å². The minimum absolute atomic E-state index is 0.367. The van der Waals surface area contributed by atoms with Crippen molar-refractivity contribution >= 4 is 5.69 Å². The second-order valence-electron chi connectivity index (χ2n) is 5.13. The number of nitrogens with one attached hydrogen (secondary N) is 1. The molecule has 1 saturated heterocycles. The van der Waals surface area contributed by atoms with Gasteiger partial charge in [-0.25, -0.2) is 0 Å². The fourth-order valence-corrected chi connectivity index (χ4v) is 2.41. The molecule has 1 fully saturated rings. The van der Waals surface area contributed by atoms with E-state index in [9.17, 15) is 0 Å². The molecule has 1 atom stereocenters. The second-order valence-corrected chi connectivity index (χ2v) is 5.13. The molecule has 3 nitrogen and oxygen atoms in total. The maximum Gasteiger partial charge on any atom is 0.0716 e. The summed E-state index contributed by atoms with van der Waals surface area (Å²) in [7, 11) is 2.16. The molecule has 2 rings (SSSR count). The van der Waals surface area contributed by atoms with Crippen molar-refractivity contribution < 1.29 is 4.74 Å². The Morgan fingerprint density at radius 1 is 1.39 bits per heavy atom. The highest BCUT2D eigenvalue weighted by molar-refractivity contribution is 5.55. The molecule has 18 heavy (non-hydrogen) atoms. The lowest BCUT2D eigenvalue weighted by atomic mass is 10.1. The molecule has 1 N–H and O–H groups in total. The normalized spacial score (nSPS) is 19.8. The monoisotopic (exact) mass is 248 g/mol. The quantitative estimate of drug-likeness (QED) is 0.883. The SMILES string of the molecule is Cc1cccc(N(C)CCC2CNCCO2)c1C. The van der Waals surface area contributed by atoms with E-state index in [1.807, 2.05) is 0 Å². The highest BCUT2D eigenvalue weighted by Crippen LogP contribution is 2.22. The van der Waals surface area contributed by atoms with Crippen molar-refractivity contribution in [3.8, 4) is 0 Å². The Labute approximate surface area is 110 Å². The summed E-state index contributed by atoms with van der Waals surface area (Å²) in [4.78, 5) is 2.33. The molecule has 1 heterocycles. The number of morpholine rings is 1. The maximum atomic E-state index is 5.73. The third-order valence-corrected chi connectivity index (χ3v) is 3.78. The fraction of sp³-hybridized carbons (Fsp3) is 0.600. The number of ether oxygens (including phenoxy) is 1. The lowest BCUT2D eigenvalue weighted by Gasteiger charge is -2.27. The Hall–Kier alpha value is -1.06. The smallest absolute Gasteiger partial charge is 0.0716 e. The maximum absolute atomic E-state index is 5.73. The van der Waals surface area contributed by atoms with E-state index >= 15 is 0 Å². The van der Waals surface area contributed by atoms with E-state index in [4.69, 9.17) is 4.74 Å². The average molecular weight is 248 g/mol. The van der Waals surface area contributed by atoms with Gasteiger partial charge in [0.2, 0.25) is 0 Å². The first-order valence-electron chi connectivity index (χ1n) is 6.78. The molecule has 0 amide bonds. The summed E-state index contributed by atoms with van der Waals surface area (Å²) in [6, 6.07) is 6.50. The van der Waals surface area contributed by atoms with Gasteiger partial charge in [0.15, 0.2) is 0 Å². The second kappa shape index (κ2) is 6.21. The van der Waals surface area contributed by atoms with Crippen molar-refractivity contribution in [2.75, 3.05) is 38.2 Å². The molecule has 100 valence electrons. The van der Waals surface area contributed by atoms with E-state index in [-0.39, 0.29) is 0 Å². The van der Waals surface area contributed by atoms with Crippen LogP contribution in [0, 0.1) is 13.8 Å². The van der Waals surface area contributed by atoms with Crippen molar-refractivity contribution in [3.05, 3.63) is 29.3 Å². The van der Waals surface area contributed by atoms with Crippen molar-refractivity contribution in [3.63, 3.8) is 0 Å². The highest BCUT2D eigenvalue weighted by Gasteiger charge is 2.14. The van der Waals surface area contributed by atoms with Crippen LogP contribution in [0.5, 0.6) is 0 Å². The molecule has 0 aromatic heterocycles. The Balaban J connectivity index is 1.90. The molecule has 1 aliphatic heterocycles. The standard InChI is InChI=1S/C15H24N2O/c1-12-5-4-6-15(13(12)2)17(3)9-7-14-11-16-8-10-18-14/h4-6,14,16H,7-11H2,1-3H3. The minimum atomic E-state index is 0.367. The zero-order chi connectivity index (χ0) is 13.0. The van der Waals surface area contributed by atoms with Gasteiger partial charge in [0.1, 0.15) is 0 Å². The molecular formula is C15H24N2O. The minimum Gasteiger partial charge on any atom is -0.376 e. The molecule has 0 aliphatic carbocycles. The number of hydrogen-bond donors (Lipinski definition) is 1. The van der Waals surface area contributed by atoms with Gasteiger partial charge in [0, 0.05) is 32.4 Å². The largest absolute Gasteiger partial charge is 0.376 e. The van der Waals surface area contributed by atoms with Crippen LogP contribution in [0.4, 0.5) is 5.69 Å². The van der Waals surface area contributed by atoms with Crippen molar-refractivity contribution in [1.29, 1.82) is 0 Å². The molecule has 0 bridgehead atoms. The van der Waals surface area contributed by atoms with Gasteiger partial charge < -0.3 is 15.0 Å². The first-order valence-corrected chi connectivity index (χ1v) is 6.78. The summed E-state index contributed by atoms with van der Waals surface area (Å²) < 4.78 is 5.73. The lowest BCUT2D eigenvalue weighted by molar-refractivity contribution is 0.0250. The van der Waals surface area contributed by atoms with Crippen molar-refractivity contribution in [2.45, 2.75) is 26.4 Å². The van der Waals surface area contributed by atoms with Gasteiger partial charge in [-0.1, -0.05) is 12.1 Å². The molecule has 0 radical (unpaired) electrons. The third-order valence-electron chi connectivity index (χ3n) is 3.78. The van der Waals surface area contributed by atoms with Gasteiger partial charge in [0.05, 0.1) is 12.7 Å². The number of benzene rings is 1. The highest BCUT2D eigenvalue weighted by atomic mass is 16.5. The van der Waals surface area contributed by atoms with Crippen LogP contribution >= 0.6 is 0 Å². The van der Waals surface area contributed by atoms with Gasteiger partial charge in [-0.2, -0.15) is 0 Å². The number of nitrogens with zero attached hydrogens (tertiary/aromatic N) is 1. The van der Waals surface area contributed by atoms with E-state index in [1.165, 1.54) is 16.8 Å². The summed E-state index contributed by atoms with van der Waals surface area (Å²) in [6.07, 6.45) is 1.45. The predicted molar refractivity (Wildman–Crippen MR) is 76.4 cm³/mol. The topological polar surface area (TPSA) is 24.5 Å². The van der Waals surface area contributed by atoms with Gasteiger partial charge in [-0.05, 0) is 37.5 Å². The molecule has 3 heteroatoms. The van der Waals surface area contributed by atoms with Crippen LogP contribution in [0.2, 0.25) is 0 Å². The van der Waals surface area contributed by atoms with E-state index in [2.05, 4.69) is 49.3 Å². The third kappa shape index (κ3) is 3.24. The summed E-state index contributed by atoms with van der Waals surface area (Å²) in [6.45, 7) is 8.22. The summed E-state index contributed by atoms with van der Waals surface area (Å²) in [5, 5.41) is 3.38. The lowest BCUT2D eigenvalue weighted by Crippen LogP contribution is -2.40. The molecule has 1 aliphatic rings. The van der Waals surface area contributed by atoms with Crippen LogP contribution in [-0.2, 0) is 4.74 Å². The van der Waals surface area contributed by atoms with E-state index < -0.39 is 0 Å². The molecule has 1 aromatic carbocycles. The predicted octanol–water partition coefficient (Wildman–Crippen LogP) is 2.12. The van der Waals surface area contributed by atoms with E-state index in [1.54, 1.807) is 0 Å². The van der Waals surface area contributed by atoms with Crippen LogP contribution < -0.4 is 10.2 Å². The summed E-state index contributed by atoms with van der Waals surface area (Å²) in [5.41, 5.74) is 4.07. The van der Waals surface area contributed by atoms with E-state index in [0.29, 0.717) is 6.10 Å². The number of rotatable bonds is 4. The molecule has 0 saturated carbocycles. The number of hydrogen-bond acceptors (Lipinski definition) is 3. The Morgan fingerprint density at radius 3 is 2.94 bits per heavy atom. The molecule has 0 spiro atoms. The van der Waals surface area contributed by atoms with Crippen LogP contribution in [-0.4, -0.2) is 39.4 Å². The first kappa shape index (κ1) is 13.4. The Kier molecular flexibility index (Phi) is 4.61. The Morgan fingerprint density at radius 2 is 2.22 bits per heavy atom. The summed E-state index contributed by atoms with van der Waals surface area (Å²) >= 11 is 0. The van der Waals surface area contributed by atoms with Crippen molar-refractivity contribution in [1.82, 2.24) is 5.32 Å².